The Hall–Kier alpha value is -3.12. The van der Waals surface area contributed by atoms with Crippen LogP contribution in [0.3, 0.4) is 0 Å². The fourth-order valence-electron chi connectivity index (χ4n) is 3.61. The molecule has 0 saturated carbocycles. The van der Waals surface area contributed by atoms with Crippen molar-refractivity contribution in [1.82, 2.24) is 20.4 Å². The number of hydrogen-bond acceptors (Lipinski definition) is 4. The van der Waals surface area contributed by atoms with E-state index < -0.39 is 0 Å². The second-order valence-corrected chi connectivity index (χ2v) is 7.29. The molecule has 1 atom stereocenters. The minimum atomic E-state index is -0.149. The summed E-state index contributed by atoms with van der Waals surface area (Å²) in [7, 11) is 1.67. The number of hydrogen-bond donors (Lipinski definition) is 2. The molecule has 0 spiro atoms. The Morgan fingerprint density at radius 3 is 2.83 bits per heavy atom. The van der Waals surface area contributed by atoms with Gasteiger partial charge < -0.3 is 15.4 Å². The van der Waals surface area contributed by atoms with E-state index in [1.165, 1.54) is 0 Å². The lowest BCUT2D eigenvalue weighted by Crippen LogP contribution is -2.32. The largest absolute Gasteiger partial charge is 0.497 e. The van der Waals surface area contributed by atoms with Crippen LogP contribution in [0.25, 0.3) is 11.1 Å². The third-order valence-electron chi connectivity index (χ3n) is 5.30. The molecule has 2 N–H and O–H groups in total. The third kappa shape index (κ3) is 4.66. The summed E-state index contributed by atoms with van der Waals surface area (Å²) >= 11 is 0. The number of aromatic nitrogens is 2. The molecule has 0 aliphatic carbocycles. The molecule has 150 valence electrons. The van der Waals surface area contributed by atoms with E-state index in [1.807, 2.05) is 41.2 Å². The number of ether oxygens (including phenoxy) is 1. The molecule has 1 saturated heterocycles. The van der Waals surface area contributed by atoms with Crippen LogP contribution in [0.2, 0.25) is 0 Å². The Kier molecular flexibility index (Phi) is 5.91. The van der Waals surface area contributed by atoms with Gasteiger partial charge in [0.15, 0.2) is 0 Å². The molecule has 3 aromatic rings. The fraction of sp³-hybridized carbons (Fsp3) is 0.304. The molecule has 29 heavy (non-hydrogen) atoms. The standard InChI is InChI=1S/C23H26N4O2/c1-29-21-6-2-4-19(14-21)18-9-7-17(8-10-18)15-25-23(28)22-11-13-27(26-22)20-5-3-12-24-16-20/h2,4,6-11,13-14,20,24H,3,5,12,15-16H2,1H3,(H,25,28). The maximum atomic E-state index is 12.5. The maximum Gasteiger partial charge on any atom is 0.272 e. The molecule has 2 aromatic carbocycles. The van der Waals surface area contributed by atoms with Crippen LogP contribution in [0.5, 0.6) is 5.75 Å². The van der Waals surface area contributed by atoms with Gasteiger partial charge >= 0.3 is 0 Å². The Morgan fingerprint density at radius 2 is 2.07 bits per heavy atom. The number of carbonyl (C=O) groups is 1. The van der Waals surface area contributed by atoms with Crippen LogP contribution in [0.4, 0.5) is 0 Å². The molecule has 1 amide bonds. The van der Waals surface area contributed by atoms with E-state index in [4.69, 9.17) is 4.74 Å². The van der Waals surface area contributed by atoms with Crippen LogP contribution in [0.1, 0.15) is 34.9 Å². The molecule has 1 fully saturated rings. The molecule has 0 radical (unpaired) electrons. The van der Waals surface area contributed by atoms with Crippen molar-refractivity contribution in [3.8, 4) is 16.9 Å². The zero-order valence-corrected chi connectivity index (χ0v) is 16.6. The van der Waals surface area contributed by atoms with Crippen molar-refractivity contribution < 1.29 is 9.53 Å². The van der Waals surface area contributed by atoms with E-state index in [1.54, 1.807) is 13.2 Å². The normalized spacial score (nSPS) is 16.4. The van der Waals surface area contributed by atoms with Gasteiger partial charge in [-0.25, -0.2) is 0 Å². The van der Waals surface area contributed by atoms with Crippen molar-refractivity contribution >= 4 is 5.91 Å². The van der Waals surface area contributed by atoms with Crippen molar-refractivity contribution in [2.75, 3.05) is 20.2 Å². The Balaban J connectivity index is 1.35. The van der Waals surface area contributed by atoms with Gasteiger partial charge in [-0.05, 0) is 54.3 Å². The van der Waals surface area contributed by atoms with Crippen molar-refractivity contribution in [2.24, 2.45) is 0 Å². The van der Waals surface area contributed by atoms with Gasteiger partial charge in [0.05, 0.1) is 13.2 Å². The van der Waals surface area contributed by atoms with E-state index in [0.29, 0.717) is 18.3 Å². The van der Waals surface area contributed by atoms with Crippen LogP contribution in [-0.4, -0.2) is 35.9 Å². The van der Waals surface area contributed by atoms with E-state index in [2.05, 4.69) is 33.9 Å². The predicted molar refractivity (Wildman–Crippen MR) is 113 cm³/mol. The van der Waals surface area contributed by atoms with E-state index in [0.717, 1.165) is 48.4 Å². The minimum Gasteiger partial charge on any atom is -0.497 e. The number of carbonyl (C=O) groups excluding carboxylic acids is 1. The molecule has 1 unspecified atom stereocenters. The summed E-state index contributed by atoms with van der Waals surface area (Å²) in [6.45, 7) is 2.43. The van der Waals surface area contributed by atoms with Crippen LogP contribution in [0.15, 0.2) is 60.8 Å². The van der Waals surface area contributed by atoms with Crippen LogP contribution >= 0.6 is 0 Å². The predicted octanol–water partition coefficient (Wildman–Crippen LogP) is 3.41. The smallest absolute Gasteiger partial charge is 0.272 e. The molecule has 4 rings (SSSR count). The van der Waals surface area contributed by atoms with Gasteiger partial charge in [0, 0.05) is 19.3 Å². The Morgan fingerprint density at radius 1 is 1.21 bits per heavy atom. The average molecular weight is 390 g/mol. The van der Waals surface area contributed by atoms with Gasteiger partial charge in [-0.15, -0.1) is 0 Å². The number of benzene rings is 2. The van der Waals surface area contributed by atoms with Crippen molar-refractivity contribution in [3.05, 3.63) is 72.1 Å². The lowest BCUT2D eigenvalue weighted by atomic mass is 10.0. The summed E-state index contributed by atoms with van der Waals surface area (Å²) in [6, 6.07) is 18.3. The van der Waals surface area contributed by atoms with Crippen molar-refractivity contribution in [3.63, 3.8) is 0 Å². The third-order valence-corrected chi connectivity index (χ3v) is 5.30. The van der Waals surface area contributed by atoms with Crippen LogP contribution < -0.4 is 15.4 Å². The van der Waals surface area contributed by atoms with Crippen molar-refractivity contribution in [1.29, 1.82) is 0 Å². The summed E-state index contributed by atoms with van der Waals surface area (Å²) in [5.74, 6) is 0.687. The van der Waals surface area contributed by atoms with Gasteiger partial charge in [0.2, 0.25) is 0 Å². The number of rotatable bonds is 6. The van der Waals surface area contributed by atoms with Gasteiger partial charge in [-0.2, -0.15) is 5.10 Å². The lowest BCUT2D eigenvalue weighted by Gasteiger charge is -2.22. The van der Waals surface area contributed by atoms with E-state index >= 15 is 0 Å². The van der Waals surface area contributed by atoms with Crippen LogP contribution in [0, 0.1) is 0 Å². The van der Waals surface area contributed by atoms with E-state index in [-0.39, 0.29) is 5.91 Å². The molecular weight excluding hydrogens is 364 g/mol. The molecule has 6 nitrogen and oxygen atoms in total. The summed E-state index contributed by atoms with van der Waals surface area (Å²) < 4.78 is 7.20. The molecule has 1 aliphatic heterocycles. The average Bonchev–Trinajstić information content (AvgIpc) is 3.29. The summed E-state index contributed by atoms with van der Waals surface area (Å²) in [4.78, 5) is 12.5. The second-order valence-electron chi connectivity index (χ2n) is 7.29. The fourth-order valence-corrected chi connectivity index (χ4v) is 3.61. The number of nitrogens with zero attached hydrogens (tertiary/aromatic N) is 2. The summed E-state index contributed by atoms with van der Waals surface area (Å²) in [6.07, 6.45) is 4.13. The van der Waals surface area contributed by atoms with E-state index in [9.17, 15) is 4.79 Å². The van der Waals surface area contributed by atoms with Gasteiger partial charge in [0.1, 0.15) is 11.4 Å². The number of amides is 1. The van der Waals surface area contributed by atoms with Gasteiger partial charge in [-0.3, -0.25) is 9.48 Å². The number of methoxy groups -OCH3 is 1. The summed E-state index contributed by atoms with van der Waals surface area (Å²) in [5, 5.41) is 10.8. The molecule has 1 aliphatic rings. The first-order chi connectivity index (χ1) is 14.2. The highest BCUT2D eigenvalue weighted by atomic mass is 16.5. The Labute approximate surface area is 170 Å². The molecular formula is C23H26N4O2. The van der Waals surface area contributed by atoms with Gasteiger partial charge in [-0.1, -0.05) is 36.4 Å². The number of piperidine rings is 1. The highest BCUT2D eigenvalue weighted by Crippen LogP contribution is 2.24. The summed E-state index contributed by atoms with van der Waals surface area (Å²) in [5.41, 5.74) is 3.71. The topological polar surface area (TPSA) is 68.2 Å². The van der Waals surface area contributed by atoms with Crippen LogP contribution in [-0.2, 0) is 6.54 Å². The molecule has 6 heteroatoms. The zero-order valence-electron chi connectivity index (χ0n) is 16.6. The quantitative estimate of drug-likeness (QED) is 0.677. The molecule has 1 aromatic heterocycles. The first kappa shape index (κ1) is 19.2. The minimum absolute atomic E-state index is 0.149. The molecule has 2 heterocycles. The Bertz CT molecular complexity index is 959. The monoisotopic (exact) mass is 390 g/mol. The lowest BCUT2D eigenvalue weighted by molar-refractivity contribution is 0.0944. The first-order valence-corrected chi connectivity index (χ1v) is 10.0. The number of nitrogens with one attached hydrogen (secondary N) is 2. The maximum absolute atomic E-state index is 12.5. The SMILES string of the molecule is COc1cccc(-c2ccc(CNC(=O)c3ccn(C4CCCNC4)n3)cc2)c1. The highest BCUT2D eigenvalue weighted by Gasteiger charge is 2.17. The van der Waals surface area contributed by atoms with Crippen molar-refractivity contribution in [2.45, 2.75) is 25.4 Å². The second kappa shape index (κ2) is 8.92. The zero-order chi connectivity index (χ0) is 20.1. The highest BCUT2D eigenvalue weighted by molar-refractivity contribution is 5.92. The van der Waals surface area contributed by atoms with Gasteiger partial charge in [0.25, 0.3) is 5.91 Å². The molecule has 0 bridgehead atoms. The first-order valence-electron chi connectivity index (χ1n) is 10.0.